The summed E-state index contributed by atoms with van der Waals surface area (Å²) in [6, 6.07) is 1.76. The second-order valence-corrected chi connectivity index (χ2v) is 5.87. The van der Waals surface area contributed by atoms with Crippen molar-refractivity contribution in [2.45, 2.75) is 26.7 Å². The summed E-state index contributed by atoms with van der Waals surface area (Å²) in [5.41, 5.74) is 0.426. The smallest absolute Gasteiger partial charge is 0.272 e. The van der Waals surface area contributed by atoms with Crippen molar-refractivity contribution in [1.29, 1.82) is 0 Å². The topological polar surface area (TPSA) is 69.6 Å². The van der Waals surface area contributed by atoms with Crippen LogP contribution in [0, 0.1) is 6.92 Å². The Balaban J connectivity index is 2.11. The van der Waals surface area contributed by atoms with Gasteiger partial charge in [0.2, 0.25) is 6.41 Å². The van der Waals surface area contributed by atoms with Crippen LogP contribution in [0.3, 0.4) is 0 Å². The predicted octanol–water partition coefficient (Wildman–Crippen LogP) is 0.936. The van der Waals surface area contributed by atoms with Crippen LogP contribution in [-0.2, 0) is 4.79 Å². The minimum Gasteiger partial charge on any atom is -0.360 e. The average molecular weight is 319 g/mol. The molecule has 1 saturated heterocycles. The number of carbonyl (C=O) groups is 2. The minimum absolute atomic E-state index is 0.0915. The quantitative estimate of drug-likeness (QED) is 0.730. The van der Waals surface area contributed by atoms with E-state index in [0.29, 0.717) is 37.7 Å². The fourth-order valence-corrected chi connectivity index (χ4v) is 2.56. The molecule has 7 heteroatoms. The highest BCUT2D eigenvalue weighted by Crippen LogP contribution is 2.14. The molecule has 1 aromatic heterocycles. The van der Waals surface area contributed by atoms with Gasteiger partial charge in [-0.1, -0.05) is 13.3 Å². The van der Waals surface area contributed by atoms with Crippen LogP contribution in [0.15, 0.2) is 6.07 Å². The molecule has 1 aliphatic heterocycles. The van der Waals surface area contributed by atoms with Gasteiger partial charge in [-0.2, -0.15) is 0 Å². The van der Waals surface area contributed by atoms with Gasteiger partial charge in [0.25, 0.3) is 5.91 Å². The van der Waals surface area contributed by atoms with Gasteiger partial charge in [0.15, 0.2) is 0 Å². The lowest BCUT2D eigenvalue weighted by atomic mass is 10.2. The Morgan fingerprint density at radius 3 is 2.61 bits per heavy atom. The zero-order valence-electron chi connectivity index (χ0n) is 14.2. The van der Waals surface area contributed by atoms with Crippen LogP contribution in [0.5, 0.6) is 0 Å². The van der Waals surface area contributed by atoms with Crippen LogP contribution in [0.25, 0.3) is 0 Å². The molecule has 2 heterocycles. The van der Waals surface area contributed by atoms with Crippen molar-refractivity contribution in [3.8, 4) is 0 Å². The largest absolute Gasteiger partial charge is 0.360 e. The number of unbranched alkanes of at least 4 members (excludes halogenated alkanes) is 1. The number of anilines is 1. The second-order valence-electron chi connectivity index (χ2n) is 5.87. The number of piperazine rings is 1. The van der Waals surface area contributed by atoms with E-state index in [2.05, 4.69) is 21.8 Å². The summed E-state index contributed by atoms with van der Waals surface area (Å²) in [6.07, 6.45) is 3.02. The van der Waals surface area contributed by atoms with Gasteiger partial charge < -0.3 is 14.7 Å². The molecule has 2 amide bonds. The van der Waals surface area contributed by atoms with Crippen LogP contribution < -0.4 is 4.90 Å². The molecule has 7 nitrogen and oxygen atoms in total. The Labute approximate surface area is 137 Å². The number of hydrogen-bond acceptors (Lipinski definition) is 5. The van der Waals surface area contributed by atoms with Gasteiger partial charge in [0.05, 0.1) is 0 Å². The van der Waals surface area contributed by atoms with E-state index in [1.807, 2.05) is 7.05 Å². The SMILES string of the molecule is CCCCN(C)c1cc(C(=O)N2CCN(C=O)CC2)nc(C)n1. The van der Waals surface area contributed by atoms with E-state index in [-0.39, 0.29) is 5.91 Å². The number of hydrogen-bond donors (Lipinski definition) is 0. The molecule has 0 bridgehead atoms. The Kier molecular flexibility index (Phi) is 5.90. The Morgan fingerprint density at radius 2 is 2.00 bits per heavy atom. The van der Waals surface area contributed by atoms with Crippen molar-refractivity contribution in [2.75, 3.05) is 44.7 Å². The number of carbonyl (C=O) groups excluding carboxylic acids is 2. The highest BCUT2D eigenvalue weighted by atomic mass is 16.2. The number of aryl methyl sites for hydroxylation is 1. The summed E-state index contributed by atoms with van der Waals surface area (Å²) in [5, 5.41) is 0. The maximum Gasteiger partial charge on any atom is 0.272 e. The zero-order valence-corrected chi connectivity index (χ0v) is 14.2. The summed E-state index contributed by atoms with van der Waals surface area (Å²) in [4.78, 5) is 37.6. The average Bonchev–Trinajstić information content (AvgIpc) is 2.58. The van der Waals surface area contributed by atoms with E-state index in [1.54, 1.807) is 22.8 Å². The first-order valence-electron chi connectivity index (χ1n) is 8.10. The Hall–Kier alpha value is -2.18. The molecule has 23 heavy (non-hydrogen) atoms. The molecule has 1 fully saturated rings. The maximum absolute atomic E-state index is 12.6. The highest BCUT2D eigenvalue weighted by Gasteiger charge is 2.23. The van der Waals surface area contributed by atoms with Crippen LogP contribution in [0.1, 0.15) is 36.1 Å². The van der Waals surface area contributed by atoms with Gasteiger partial charge >= 0.3 is 0 Å². The molecule has 2 rings (SSSR count). The first-order chi connectivity index (χ1) is 11.0. The van der Waals surface area contributed by atoms with Gasteiger partial charge in [0.1, 0.15) is 17.3 Å². The van der Waals surface area contributed by atoms with E-state index in [4.69, 9.17) is 0 Å². The van der Waals surface area contributed by atoms with Crippen LogP contribution in [0.2, 0.25) is 0 Å². The van der Waals surface area contributed by atoms with E-state index < -0.39 is 0 Å². The molecular weight excluding hydrogens is 294 g/mol. The van der Waals surface area contributed by atoms with Crippen LogP contribution >= 0.6 is 0 Å². The molecular formula is C16H25N5O2. The molecule has 0 saturated carbocycles. The van der Waals surface area contributed by atoms with Crippen LogP contribution in [0.4, 0.5) is 5.82 Å². The molecule has 0 unspecified atom stereocenters. The van der Waals surface area contributed by atoms with Gasteiger partial charge in [-0.15, -0.1) is 0 Å². The van der Waals surface area contributed by atoms with Gasteiger partial charge in [-0.05, 0) is 13.3 Å². The van der Waals surface area contributed by atoms with Crippen LogP contribution in [-0.4, -0.2) is 71.9 Å². The predicted molar refractivity (Wildman–Crippen MR) is 88.5 cm³/mol. The van der Waals surface area contributed by atoms with Gasteiger partial charge in [-0.25, -0.2) is 9.97 Å². The molecule has 0 aromatic carbocycles. The third-order valence-electron chi connectivity index (χ3n) is 4.03. The number of amides is 2. The number of rotatable bonds is 6. The van der Waals surface area contributed by atoms with Crippen molar-refractivity contribution in [2.24, 2.45) is 0 Å². The summed E-state index contributed by atoms with van der Waals surface area (Å²) >= 11 is 0. The standard InChI is InChI=1S/C16H25N5O2/c1-4-5-6-19(3)15-11-14(17-13(2)18-15)16(23)21-9-7-20(12-22)8-10-21/h11-12H,4-10H2,1-3H3. The third-order valence-corrected chi connectivity index (χ3v) is 4.03. The van der Waals surface area contributed by atoms with E-state index in [9.17, 15) is 9.59 Å². The van der Waals surface area contributed by atoms with E-state index in [0.717, 1.165) is 31.6 Å². The normalized spacial score (nSPS) is 14.7. The van der Waals surface area contributed by atoms with Crippen molar-refractivity contribution in [1.82, 2.24) is 19.8 Å². The van der Waals surface area contributed by atoms with Gasteiger partial charge in [-0.3, -0.25) is 9.59 Å². The number of nitrogens with zero attached hydrogens (tertiary/aromatic N) is 5. The second kappa shape index (κ2) is 7.89. The summed E-state index contributed by atoms with van der Waals surface area (Å²) in [7, 11) is 1.98. The fourth-order valence-electron chi connectivity index (χ4n) is 2.56. The molecule has 1 aliphatic rings. The fraction of sp³-hybridized carbons (Fsp3) is 0.625. The Bertz CT molecular complexity index is 555. The minimum atomic E-state index is -0.0915. The maximum atomic E-state index is 12.6. The first kappa shape index (κ1) is 17.2. The molecule has 0 spiro atoms. The Morgan fingerprint density at radius 1 is 1.30 bits per heavy atom. The third kappa shape index (κ3) is 4.40. The lowest BCUT2D eigenvalue weighted by Crippen LogP contribution is -2.48. The monoisotopic (exact) mass is 319 g/mol. The summed E-state index contributed by atoms with van der Waals surface area (Å²) < 4.78 is 0. The molecule has 0 radical (unpaired) electrons. The summed E-state index contributed by atoms with van der Waals surface area (Å²) in [5.74, 6) is 1.28. The molecule has 0 aliphatic carbocycles. The summed E-state index contributed by atoms with van der Waals surface area (Å²) in [6.45, 7) is 7.08. The molecule has 1 aromatic rings. The lowest BCUT2D eigenvalue weighted by Gasteiger charge is -2.32. The van der Waals surface area contributed by atoms with E-state index in [1.165, 1.54) is 0 Å². The lowest BCUT2D eigenvalue weighted by molar-refractivity contribution is -0.119. The molecule has 0 atom stereocenters. The molecule has 0 N–H and O–H groups in total. The van der Waals surface area contributed by atoms with E-state index >= 15 is 0 Å². The highest BCUT2D eigenvalue weighted by molar-refractivity contribution is 5.93. The molecule has 126 valence electrons. The van der Waals surface area contributed by atoms with Crippen molar-refractivity contribution in [3.05, 3.63) is 17.6 Å². The van der Waals surface area contributed by atoms with Crippen molar-refractivity contribution >= 4 is 18.1 Å². The number of aromatic nitrogens is 2. The van der Waals surface area contributed by atoms with Crippen molar-refractivity contribution < 1.29 is 9.59 Å². The van der Waals surface area contributed by atoms with Gasteiger partial charge in [0, 0.05) is 45.8 Å². The van der Waals surface area contributed by atoms with Crippen molar-refractivity contribution in [3.63, 3.8) is 0 Å². The first-order valence-corrected chi connectivity index (χ1v) is 8.10. The zero-order chi connectivity index (χ0) is 16.8.